The Morgan fingerprint density at radius 3 is 2.81 bits per heavy atom. The summed E-state index contributed by atoms with van der Waals surface area (Å²) in [5, 5.41) is 9.52. The number of nitrogens with one attached hydrogen (secondary N) is 1. The van der Waals surface area contributed by atoms with E-state index in [9.17, 15) is 5.11 Å². The molecule has 3 nitrogen and oxygen atoms in total. The lowest BCUT2D eigenvalue weighted by Gasteiger charge is -2.15. The fraction of sp³-hybridized carbons (Fsp3) is 0.500. The van der Waals surface area contributed by atoms with Crippen molar-refractivity contribution in [3.63, 3.8) is 0 Å². The molecular formula is C12H16ClNO2. The highest BCUT2D eigenvalue weighted by Crippen LogP contribution is 2.25. The molecule has 0 aromatic heterocycles. The van der Waals surface area contributed by atoms with E-state index in [4.69, 9.17) is 16.5 Å². The lowest BCUT2D eigenvalue weighted by Crippen LogP contribution is -2.13. The predicted octanol–water partition coefficient (Wildman–Crippen LogP) is 2.74. The maximum Gasteiger partial charge on any atom is 0.144 e. The average Bonchev–Trinajstić information content (AvgIpc) is 2.81. The summed E-state index contributed by atoms with van der Waals surface area (Å²) in [4.78, 5) is 2.27. The number of benzene rings is 1. The molecule has 88 valence electrons. The van der Waals surface area contributed by atoms with E-state index in [1.54, 1.807) is 0 Å². The van der Waals surface area contributed by atoms with Crippen LogP contribution in [0.3, 0.4) is 0 Å². The molecule has 1 aromatic rings. The molecule has 16 heavy (non-hydrogen) atoms. The summed E-state index contributed by atoms with van der Waals surface area (Å²) in [6.45, 7) is 0. The summed E-state index contributed by atoms with van der Waals surface area (Å²) >= 11 is 5.37. The van der Waals surface area contributed by atoms with Crippen molar-refractivity contribution in [1.82, 2.24) is 4.84 Å². The van der Waals surface area contributed by atoms with Gasteiger partial charge in [0.25, 0.3) is 0 Å². The van der Waals surface area contributed by atoms with Gasteiger partial charge in [0.05, 0.1) is 6.10 Å². The first-order chi connectivity index (χ1) is 7.79. The van der Waals surface area contributed by atoms with Crippen LogP contribution in [0, 0.1) is 0 Å². The summed E-state index contributed by atoms with van der Waals surface area (Å²) in [5.41, 5.74) is 0.713. The molecule has 1 aliphatic rings. The van der Waals surface area contributed by atoms with E-state index in [0.29, 0.717) is 11.7 Å². The Hall–Kier alpha value is -0.770. The van der Waals surface area contributed by atoms with Gasteiger partial charge in [-0.25, -0.2) is 4.84 Å². The number of halogens is 1. The third kappa shape index (κ3) is 2.88. The van der Waals surface area contributed by atoms with E-state index in [1.165, 1.54) is 12.8 Å². The van der Waals surface area contributed by atoms with Crippen molar-refractivity contribution >= 4 is 11.8 Å². The summed E-state index contributed by atoms with van der Waals surface area (Å²) in [7, 11) is 0. The molecule has 4 heteroatoms. The highest BCUT2D eigenvalue weighted by molar-refractivity contribution is 6.13. The number of ether oxygens (including phenoxy) is 1. The highest BCUT2D eigenvalue weighted by Gasteiger charge is 2.16. The van der Waals surface area contributed by atoms with Gasteiger partial charge in [-0.1, -0.05) is 12.1 Å². The number of hydrogen-bond donors (Lipinski definition) is 2. The van der Waals surface area contributed by atoms with Crippen LogP contribution in [0.25, 0.3) is 0 Å². The second-order valence-corrected chi connectivity index (χ2v) is 4.33. The van der Waals surface area contributed by atoms with Crippen molar-refractivity contribution < 1.29 is 9.84 Å². The molecule has 0 amide bonds. The Balaban J connectivity index is 2.03. The van der Waals surface area contributed by atoms with Crippen molar-refractivity contribution in [2.24, 2.45) is 0 Å². The van der Waals surface area contributed by atoms with Crippen LogP contribution < -0.4 is 9.57 Å². The van der Waals surface area contributed by atoms with E-state index in [-0.39, 0.29) is 0 Å². The van der Waals surface area contributed by atoms with Gasteiger partial charge >= 0.3 is 0 Å². The summed E-state index contributed by atoms with van der Waals surface area (Å²) < 4.78 is 5.83. The molecule has 1 saturated carbocycles. The topological polar surface area (TPSA) is 41.5 Å². The van der Waals surface area contributed by atoms with Crippen LogP contribution in [0.4, 0.5) is 0 Å². The van der Waals surface area contributed by atoms with Gasteiger partial charge in [0.2, 0.25) is 0 Å². The summed E-state index contributed by atoms with van der Waals surface area (Å²) in [6.07, 6.45) is 4.22. The molecule has 2 rings (SSSR count). The largest absolute Gasteiger partial charge is 0.490 e. The van der Waals surface area contributed by atoms with Crippen LogP contribution in [-0.4, -0.2) is 11.2 Å². The molecule has 0 heterocycles. The van der Waals surface area contributed by atoms with Gasteiger partial charge in [-0.2, -0.15) is 0 Å². The third-order valence-corrected chi connectivity index (χ3v) is 3.09. The second kappa shape index (κ2) is 5.53. The van der Waals surface area contributed by atoms with Crippen molar-refractivity contribution in [1.29, 1.82) is 0 Å². The zero-order chi connectivity index (χ0) is 11.4. The molecule has 1 aliphatic carbocycles. The maximum absolute atomic E-state index is 9.52. The third-order valence-electron chi connectivity index (χ3n) is 2.88. The minimum Gasteiger partial charge on any atom is -0.490 e. The molecule has 2 N–H and O–H groups in total. The summed E-state index contributed by atoms with van der Waals surface area (Å²) in [5.74, 6) is 0.801. The Bertz CT molecular complexity index is 340. The van der Waals surface area contributed by atoms with Crippen molar-refractivity contribution in [2.45, 2.75) is 38.0 Å². The van der Waals surface area contributed by atoms with Crippen LogP contribution in [-0.2, 0) is 0 Å². The van der Waals surface area contributed by atoms with Crippen molar-refractivity contribution in [3.05, 3.63) is 29.8 Å². The van der Waals surface area contributed by atoms with E-state index < -0.39 is 6.23 Å². The second-order valence-electron chi connectivity index (χ2n) is 4.11. The lowest BCUT2D eigenvalue weighted by molar-refractivity contribution is 0.166. The molecule has 0 saturated heterocycles. The Labute approximate surface area is 100 Å². The van der Waals surface area contributed by atoms with Gasteiger partial charge in [0.1, 0.15) is 12.0 Å². The zero-order valence-electron chi connectivity index (χ0n) is 9.03. The van der Waals surface area contributed by atoms with Gasteiger partial charge < -0.3 is 9.84 Å². The van der Waals surface area contributed by atoms with Gasteiger partial charge in [-0.15, -0.1) is 0 Å². The molecule has 0 aliphatic heterocycles. The Morgan fingerprint density at radius 1 is 1.38 bits per heavy atom. The minimum absolute atomic E-state index is 0.330. The molecule has 0 unspecified atom stereocenters. The predicted molar refractivity (Wildman–Crippen MR) is 63.3 cm³/mol. The molecule has 0 spiro atoms. The van der Waals surface area contributed by atoms with Crippen LogP contribution in [0.2, 0.25) is 0 Å². The SMILES string of the molecule is O[C@@H](NCl)c1cccc(OC2CCCC2)c1. The first-order valence-electron chi connectivity index (χ1n) is 5.60. The molecule has 0 bridgehead atoms. The van der Waals surface area contributed by atoms with Crippen molar-refractivity contribution in [3.8, 4) is 5.75 Å². The van der Waals surface area contributed by atoms with Crippen molar-refractivity contribution in [2.75, 3.05) is 0 Å². The molecule has 0 radical (unpaired) electrons. The van der Waals surface area contributed by atoms with Crippen LogP contribution in [0.1, 0.15) is 37.5 Å². The number of aliphatic hydroxyl groups is 1. The quantitative estimate of drug-likeness (QED) is 0.629. The minimum atomic E-state index is -0.853. The normalized spacial score (nSPS) is 18.6. The average molecular weight is 242 g/mol. The number of aliphatic hydroxyl groups excluding tert-OH is 1. The monoisotopic (exact) mass is 241 g/mol. The molecule has 1 fully saturated rings. The lowest BCUT2D eigenvalue weighted by atomic mass is 10.2. The number of rotatable bonds is 4. The standard InChI is InChI=1S/C12H16ClNO2/c13-14-12(15)9-4-3-7-11(8-9)16-10-5-1-2-6-10/h3-4,7-8,10,12,14-15H,1-2,5-6H2/t12-/m1/s1. The molecule has 1 aromatic carbocycles. The van der Waals surface area contributed by atoms with Crippen LogP contribution >= 0.6 is 11.8 Å². The Kier molecular flexibility index (Phi) is 4.04. The van der Waals surface area contributed by atoms with E-state index in [2.05, 4.69) is 4.84 Å². The fourth-order valence-electron chi connectivity index (χ4n) is 2.02. The van der Waals surface area contributed by atoms with Crippen LogP contribution in [0.15, 0.2) is 24.3 Å². The Morgan fingerprint density at radius 2 is 2.12 bits per heavy atom. The van der Waals surface area contributed by atoms with E-state index in [0.717, 1.165) is 18.6 Å². The number of hydrogen-bond acceptors (Lipinski definition) is 3. The van der Waals surface area contributed by atoms with Crippen LogP contribution in [0.5, 0.6) is 5.75 Å². The van der Waals surface area contributed by atoms with E-state index in [1.807, 2.05) is 24.3 Å². The fourth-order valence-corrected chi connectivity index (χ4v) is 2.15. The van der Waals surface area contributed by atoms with Gasteiger partial charge in [0, 0.05) is 0 Å². The summed E-state index contributed by atoms with van der Waals surface area (Å²) in [6, 6.07) is 7.39. The smallest absolute Gasteiger partial charge is 0.144 e. The highest BCUT2D eigenvalue weighted by atomic mass is 35.5. The molecule has 1 atom stereocenters. The first-order valence-corrected chi connectivity index (χ1v) is 5.98. The van der Waals surface area contributed by atoms with Gasteiger partial charge in [-0.3, -0.25) is 0 Å². The maximum atomic E-state index is 9.52. The van der Waals surface area contributed by atoms with Gasteiger partial charge in [0.15, 0.2) is 0 Å². The zero-order valence-corrected chi connectivity index (χ0v) is 9.78. The molecular weight excluding hydrogens is 226 g/mol. The van der Waals surface area contributed by atoms with E-state index >= 15 is 0 Å². The van der Waals surface area contributed by atoms with Gasteiger partial charge in [-0.05, 0) is 55.2 Å². The first kappa shape index (κ1) is 11.7.